The molecule has 0 atom stereocenters. The van der Waals surface area contributed by atoms with Gasteiger partial charge in [0.25, 0.3) is 0 Å². The molecular formula is C23H27ClN4O5S. The molecule has 0 radical (unpaired) electrons. The van der Waals surface area contributed by atoms with Crippen molar-refractivity contribution in [3.63, 3.8) is 0 Å². The van der Waals surface area contributed by atoms with Gasteiger partial charge in [-0.3, -0.25) is 14.3 Å². The summed E-state index contributed by atoms with van der Waals surface area (Å²) in [6.45, 7) is 1.10. The maximum Gasteiger partial charge on any atom is 0.420 e. The lowest BCUT2D eigenvalue weighted by molar-refractivity contribution is -0.119. The number of oxazole rings is 1. The largest absolute Gasteiger partial charge is 0.495 e. The van der Waals surface area contributed by atoms with E-state index in [1.807, 2.05) is 20.2 Å². The molecule has 4 rings (SSSR count). The molecule has 182 valence electrons. The van der Waals surface area contributed by atoms with Crippen molar-refractivity contribution in [1.82, 2.24) is 14.5 Å². The summed E-state index contributed by atoms with van der Waals surface area (Å²) in [5.74, 6) is 0.447. The lowest BCUT2D eigenvalue weighted by Crippen LogP contribution is -2.37. The van der Waals surface area contributed by atoms with Crippen molar-refractivity contribution in [2.24, 2.45) is 0 Å². The Bertz CT molecular complexity index is 1310. The second-order valence-corrected chi connectivity index (χ2v) is 8.75. The number of ether oxygens (including phenoxy) is 2. The smallest absolute Gasteiger partial charge is 0.420 e. The number of aromatic nitrogens is 2. The van der Waals surface area contributed by atoms with Gasteiger partial charge < -0.3 is 18.8 Å². The first kappa shape index (κ1) is 25.5. The first-order valence-corrected chi connectivity index (χ1v) is 11.3. The summed E-state index contributed by atoms with van der Waals surface area (Å²) in [5, 5.41) is 0.525. The third-order valence-corrected chi connectivity index (χ3v) is 6.38. The van der Waals surface area contributed by atoms with Crippen LogP contribution in [-0.2, 0) is 11.3 Å². The minimum atomic E-state index is -0.564. The number of fused-ring (bicyclic) bond motifs is 2. The third kappa shape index (κ3) is 5.03. The van der Waals surface area contributed by atoms with Crippen molar-refractivity contribution in [1.29, 1.82) is 0 Å². The number of thiazole rings is 1. The van der Waals surface area contributed by atoms with E-state index >= 15 is 0 Å². The number of halogens is 1. The monoisotopic (exact) mass is 506 g/mol. The van der Waals surface area contributed by atoms with Gasteiger partial charge in [0.1, 0.15) is 28.3 Å². The molecule has 2 aromatic carbocycles. The van der Waals surface area contributed by atoms with Crippen LogP contribution in [0.4, 0.5) is 5.13 Å². The van der Waals surface area contributed by atoms with Crippen LogP contribution in [-0.4, -0.2) is 61.8 Å². The molecule has 2 heterocycles. The highest BCUT2D eigenvalue weighted by atomic mass is 35.5. The topological polar surface area (TPSA) is 90.0 Å². The maximum absolute atomic E-state index is 13.5. The van der Waals surface area contributed by atoms with Crippen molar-refractivity contribution in [2.45, 2.75) is 13.0 Å². The number of rotatable bonds is 9. The first-order valence-electron chi connectivity index (χ1n) is 10.5. The summed E-state index contributed by atoms with van der Waals surface area (Å²) < 4.78 is 18.4. The number of carbonyl (C=O) groups excluding carboxylic acids is 1. The van der Waals surface area contributed by atoms with Crippen molar-refractivity contribution >= 4 is 56.1 Å². The Morgan fingerprint density at radius 2 is 1.79 bits per heavy atom. The van der Waals surface area contributed by atoms with E-state index < -0.39 is 5.76 Å². The number of carbonyl (C=O) groups is 1. The van der Waals surface area contributed by atoms with Crippen molar-refractivity contribution in [3.8, 4) is 11.5 Å². The van der Waals surface area contributed by atoms with E-state index in [4.69, 9.17) is 18.9 Å². The van der Waals surface area contributed by atoms with E-state index in [2.05, 4.69) is 4.90 Å². The Labute approximate surface area is 206 Å². The van der Waals surface area contributed by atoms with Gasteiger partial charge >= 0.3 is 5.76 Å². The minimum absolute atomic E-state index is 0. The van der Waals surface area contributed by atoms with E-state index in [0.29, 0.717) is 39.8 Å². The number of para-hydroxylation sites is 2. The molecule has 0 aliphatic carbocycles. The van der Waals surface area contributed by atoms with Gasteiger partial charge in [0.05, 0.1) is 19.7 Å². The zero-order valence-corrected chi connectivity index (χ0v) is 21.1. The molecule has 2 aromatic heterocycles. The highest BCUT2D eigenvalue weighted by Gasteiger charge is 2.24. The van der Waals surface area contributed by atoms with Crippen LogP contribution in [0.15, 0.2) is 45.6 Å². The van der Waals surface area contributed by atoms with Crippen LogP contribution in [0.25, 0.3) is 21.3 Å². The molecule has 0 saturated heterocycles. The Hall–Kier alpha value is -3.08. The van der Waals surface area contributed by atoms with Crippen LogP contribution in [0.1, 0.15) is 6.42 Å². The molecule has 0 aliphatic heterocycles. The summed E-state index contributed by atoms with van der Waals surface area (Å²) in [4.78, 5) is 34.3. The van der Waals surface area contributed by atoms with Gasteiger partial charge in [0, 0.05) is 6.54 Å². The molecule has 4 aromatic rings. The zero-order valence-electron chi connectivity index (χ0n) is 19.4. The molecule has 0 N–H and O–H groups in total. The number of amides is 1. The molecule has 0 spiro atoms. The lowest BCUT2D eigenvalue weighted by Gasteiger charge is -2.21. The van der Waals surface area contributed by atoms with E-state index in [0.717, 1.165) is 17.7 Å². The van der Waals surface area contributed by atoms with E-state index in [1.54, 1.807) is 49.5 Å². The van der Waals surface area contributed by atoms with E-state index in [9.17, 15) is 9.59 Å². The number of hydrogen-bond donors (Lipinski definition) is 0. The molecule has 9 nitrogen and oxygen atoms in total. The molecule has 0 bridgehead atoms. The fourth-order valence-corrected chi connectivity index (χ4v) is 4.76. The zero-order chi connectivity index (χ0) is 23.5. The highest BCUT2D eigenvalue weighted by Crippen LogP contribution is 2.40. The summed E-state index contributed by atoms with van der Waals surface area (Å²) in [7, 11) is 7.14. The molecule has 0 unspecified atom stereocenters. The fraction of sp³-hybridized carbons (Fsp3) is 0.348. The number of benzene rings is 2. The molecule has 0 fully saturated rings. The maximum atomic E-state index is 13.5. The number of hydrogen-bond acceptors (Lipinski definition) is 8. The van der Waals surface area contributed by atoms with Gasteiger partial charge in [-0.05, 0) is 51.3 Å². The van der Waals surface area contributed by atoms with Gasteiger partial charge in [-0.1, -0.05) is 23.5 Å². The average Bonchev–Trinajstić information content (AvgIpc) is 3.37. The second-order valence-electron chi connectivity index (χ2n) is 7.77. The molecule has 34 heavy (non-hydrogen) atoms. The van der Waals surface area contributed by atoms with Crippen molar-refractivity contribution in [3.05, 3.63) is 46.9 Å². The van der Waals surface area contributed by atoms with E-state index in [-0.39, 0.29) is 24.9 Å². The predicted molar refractivity (Wildman–Crippen MR) is 136 cm³/mol. The molecule has 1 amide bonds. The van der Waals surface area contributed by atoms with Crippen LogP contribution in [0.5, 0.6) is 11.5 Å². The fourth-order valence-electron chi connectivity index (χ4n) is 3.65. The SMILES string of the molecule is COc1ccc(OC)c2sc(N(CCCN(C)C)C(=O)Cn3c(=O)oc4ccccc43)nc12.Cl. The number of anilines is 1. The predicted octanol–water partition coefficient (Wildman–Crippen LogP) is 3.63. The summed E-state index contributed by atoms with van der Waals surface area (Å²) in [6.07, 6.45) is 0.740. The molecule has 0 saturated carbocycles. The highest BCUT2D eigenvalue weighted by molar-refractivity contribution is 7.22. The molecular weight excluding hydrogens is 480 g/mol. The second kappa shape index (κ2) is 10.9. The van der Waals surface area contributed by atoms with Crippen molar-refractivity contribution < 1.29 is 18.7 Å². The Kier molecular flexibility index (Phi) is 8.19. The van der Waals surface area contributed by atoms with Crippen LogP contribution in [0.3, 0.4) is 0 Å². The summed E-state index contributed by atoms with van der Waals surface area (Å²) >= 11 is 1.36. The van der Waals surface area contributed by atoms with Gasteiger partial charge in [-0.2, -0.15) is 0 Å². The number of nitrogens with zero attached hydrogens (tertiary/aromatic N) is 4. The Balaban J connectivity index is 0.00000324. The quantitative estimate of drug-likeness (QED) is 0.342. The molecule has 11 heteroatoms. The third-order valence-electron chi connectivity index (χ3n) is 5.29. The van der Waals surface area contributed by atoms with Gasteiger partial charge in [0.15, 0.2) is 10.7 Å². The Morgan fingerprint density at radius 3 is 2.50 bits per heavy atom. The average molecular weight is 507 g/mol. The normalized spacial score (nSPS) is 11.1. The van der Waals surface area contributed by atoms with Crippen LogP contribution in [0, 0.1) is 0 Å². The van der Waals surface area contributed by atoms with Gasteiger partial charge in [-0.15, -0.1) is 12.4 Å². The van der Waals surface area contributed by atoms with Crippen molar-refractivity contribution in [2.75, 3.05) is 46.3 Å². The van der Waals surface area contributed by atoms with Crippen LogP contribution < -0.4 is 20.1 Å². The van der Waals surface area contributed by atoms with Gasteiger partial charge in [-0.25, -0.2) is 9.78 Å². The summed E-state index contributed by atoms with van der Waals surface area (Å²) in [6, 6.07) is 10.7. The number of methoxy groups -OCH3 is 2. The first-order chi connectivity index (χ1) is 15.9. The standard InChI is InChI=1S/C23H26N4O5S.ClH/c1-25(2)12-7-13-26(19(28)14-27-15-8-5-6-9-16(15)32-23(27)29)22-24-20-17(30-3)10-11-18(31-4)21(20)33-22;/h5-6,8-11H,7,12-14H2,1-4H3;1H. The summed E-state index contributed by atoms with van der Waals surface area (Å²) in [5.41, 5.74) is 1.66. The lowest BCUT2D eigenvalue weighted by atomic mass is 10.3. The minimum Gasteiger partial charge on any atom is -0.495 e. The Morgan fingerprint density at radius 1 is 1.09 bits per heavy atom. The van der Waals surface area contributed by atoms with E-state index in [1.165, 1.54) is 15.9 Å². The van der Waals surface area contributed by atoms with Gasteiger partial charge in [0.2, 0.25) is 5.91 Å². The van der Waals surface area contributed by atoms with Crippen LogP contribution >= 0.6 is 23.7 Å². The molecule has 0 aliphatic rings. The van der Waals surface area contributed by atoms with Crippen LogP contribution in [0.2, 0.25) is 0 Å².